The summed E-state index contributed by atoms with van der Waals surface area (Å²) in [6, 6.07) is 8.40. The summed E-state index contributed by atoms with van der Waals surface area (Å²) in [6.07, 6.45) is 4.07. The number of carbonyl (C=O) groups excluding carboxylic acids is 2. The second-order valence-corrected chi connectivity index (χ2v) is 11.6. The molecule has 1 saturated heterocycles. The molecule has 2 heterocycles. The Morgan fingerprint density at radius 3 is 2.50 bits per heavy atom. The van der Waals surface area contributed by atoms with Gasteiger partial charge in [0, 0.05) is 11.1 Å². The maximum absolute atomic E-state index is 12.0. The minimum absolute atomic E-state index is 0.0303. The molecule has 5 heteroatoms. The third-order valence-corrected chi connectivity index (χ3v) is 8.08. The molecule has 2 amide bonds. The number of amides is 2. The van der Waals surface area contributed by atoms with Crippen molar-refractivity contribution in [2.75, 3.05) is 0 Å². The first kappa shape index (κ1) is 21.3. The van der Waals surface area contributed by atoms with Gasteiger partial charge in [-0.1, -0.05) is 39.8 Å². The van der Waals surface area contributed by atoms with E-state index >= 15 is 0 Å². The average Bonchev–Trinajstić information content (AvgIpc) is 3.02. The number of hydrogen-bond donors (Lipinski definition) is 1. The van der Waals surface area contributed by atoms with Gasteiger partial charge in [0.15, 0.2) is 0 Å². The van der Waals surface area contributed by atoms with E-state index in [1.54, 1.807) is 6.08 Å². The second kappa shape index (κ2) is 6.98. The Balaban J connectivity index is 1.73. The van der Waals surface area contributed by atoms with Gasteiger partial charge in [0.25, 0.3) is 11.1 Å². The highest BCUT2D eigenvalue weighted by Gasteiger charge is 2.42. The van der Waals surface area contributed by atoms with Gasteiger partial charge in [-0.2, -0.15) is 0 Å². The van der Waals surface area contributed by atoms with Crippen LogP contribution < -0.4 is 10.1 Å². The molecule has 0 spiro atoms. The Bertz CT molecular complexity index is 1220. The number of benzene rings is 2. The van der Waals surface area contributed by atoms with Gasteiger partial charge in [-0.25, -0.2) is 0 Å². The Morgan fingerprint density at radius 1 is 1.09 bits per heavy atom. The molecule has 2 aliphatic heterocycles. The molecule has 0 radical (unpaired) electrons. The topological polar surface area (TPSA) is 55.4 Å². The van der Waals surface area contributed by atoms with Gasteiger partial charge in [-0.15, -0.1) is 0 Å². The van der Waals surface area contributed by atoms with Gasteiger partial charge >= 0.3 is 0 Å². The standard InChI is InChI=1S/C27H29NO3S/c1-14-11-18-23(27(5,6)10-9-26(18,3)4)22-15(2)31-19-8-7-16(12-17(19)21(14)22)13-20-24(29)28-25(30)32-20/h7-8,11-13,15H,9-10H2,1-6H3,(H,28,29,30)/b20-13-. The monoisotopic (exact) mass is 447 g/mol. The number of hydrogen-bond acceptors (Lipinski definition) is 4. The van der Waals surface area contributed by atoms with Gasteiger partial charge in [-0.3, -0.25) is 14.9 Å². The summed E-state index contributed by atoms with van der Waals surface area (Å²) in [4.78, 5) is 24.0. The van der Waals surface area contributed by atoms with Crippen molar-refractivity contribution >= 4 is 29.0 Å². The number of imide groups is 1. The minimum atomic E-state index is -0.336. The number of aryl methyl sites for hydroxylation is 1. The maximum atomic E-state index is 12.0. The van der Waals surface area contributed by atoms with Gasteiger partial charge in [0.2, 0.25) is 0 Å². The van der Waals surface area contributed by atoms with Crippen LogP contribution in [0.15, 0.2) is 29.2 Å². The molecular formula is C27H29NO3S. The summed E-state index contributed by atoms with van der Waals surface area (Å²) in [5, 5.41) is 2.00. The highest BCUT2D eigenvalue weighted by atomic mass is 32.2. The van der Waals surface area contributed by atoms with Crippen LogP contribution >= 0.6 is 11.8 Å². The molecule has 1 unspecified atom stereocenters. The molecule has 2 aromatic rings. The molecule has 2 aromatic carbocycles. The fourth-order valence-electron chi connectivity index (χ4n) is 5.51. The third-order valence-electron chi connectivity index (χ3n) is 7.27. The highest BCUT2D eigenvalue weighted by molar-refractivity contribution is 8.18. The summed E-state index contributed by atoms with van der Waals surface area (Å²) in [5.41, 5.74) is 8.85. The van der Waals surface area contributed by atoms with E-state index in [1.165, 1.54) is 34.2 Å². The molecule has 1 aliphatic carbocycles. The molecule has 0 bridgehead atoms. The zero-order chi connectivity index (χ0) is 23.0. The zero-order valence-electron chi connectivity index (χ0n) is 19.5. The van der Waals surface area contributed by atoms with Crippen molar-refractivity contribution < 1.29 is 14.3 Å². The number of nitrogens with one attached hydrogen (secondary N) is 1. The number of thioether (sulfide) groups is 1. The van der Waals surface area contributed by atoms with E-state index < -0.39 is 0 Å². The number of ether oxygens (including phenoxy) is 1. The van der Waals surface area contributed by atoms with Crippen LogP contribution in [0.1, 0.15) is 81.4 Å². The lowest BCUT2D eigenvalue weighted by Gasteiger charge is -2.45. The van der Waals surface area contributed by atoms with E-state index in [-0.39, 0.29) is 28.1 Å². The quantitative estimate of drug-likeness (QED) is 0.489. The second-order valence-electron chi connectivity index (χ2n) is 10.5. The van der Waals surface area contributed by atoms with Crippen molar-refractivity contribution in [1.29, 1.82) is 0 Å². The third kappa shape index (κ3) is 3.21. The van der Waals surface area contributed by atoms with Crippen molar-refractivity contribution in [3.63, 3.8) is 0 Å². The predicted octanol–water partition coefficient (Wildman–Crippen LogP) is 6.79. The molecule has 0 saturated carbocycles. The number of carbonyl (C=O) groups is 2. The Labute approximate surface area is 193 Å². The largest absolute Gasteiger partial charge is 0.485 e. The zero-order valence-corrected chi connectivity index (χ0v) is 20.3. The fourth-order valence-corrected chi connectivity index (χ4v) is 6.19. The van der Waals surface area contributed by atoms with Crippen molar-refractivity contribution in [2.24, 2.45) is 0 Å². The van der Waals surface area contributed by atoms with E-state index in [0.717, 1.165) is 35.1 Å². The Morgan fingerprint density at radius 2 is 1.81 bits per heavy atom. The Kier molecular flexibility index (Phi) is 4.65. The van der Waals surface area contributed by atoms with Crippen molar-refractivity contribution in [1.82, 2.24) is 5.32 Å². The van der Waals surface area contributed by atoms with E-state index in [2.05, 4.69) is 59.0 Å². The summed E-state index contributed by atoms with van der Waals surface area (Å²) in [7, 11) is 0. The van der Waals surface area contributed by atoms with E-state index in [0.29, 0.717) is 4.91 Å². The molecule has 1 fully saturated rings. The lowest BCUT2D eigenvalue weighted by molar-refractivity contribution is -0.115. The molecule has 1 atom stereocenters. The highest BCUT2D eigenvalue weighted by Crippen LogP contribution is 2.54. The van der Waals surface area contributed by atoms with Crippen LogP contribution in [0.25, 0.3) is 17.2 Å². The molecule has 0 aromatic heterocycles. The minimum Gasteiger partial charge on any atom is -0.485 e. The number of rotatable bonds is 1. The number of fused-ring (bicyclic) bond motifs is 5. The van der Waals surface area contributed by atoms with Gasteiger partial charge in [0.1, 0.15) is 11.9 Å². The maximum Gasteiger partial charge on any atom is 0.290 e. The Hall–Kier alpha value is -2.53. The lowest BCUT2D eigenvalue weighted by Crippen LogP contribution is -2.36. The molecule has 5 rings (SSSR count). The van der Waals surface area contributed by atoms with Crippen molar-refractivity contribution in [2.45, 2.75) is 71.3 Å². The van der Waals surface area contributed by atoms with Crippen LogP contribution in [0, 0.1) is 6.92 Å². The van der Waals surface area contributed by atoms with Crippen LogP contribution in [0.4, 0.5) is 4.79 Å². The summed E-state index contributed by atoms with van der Waals surface area (Å²) < 4.78 is 6.44. The first-order valence-corrected chi connectivity index (χ1v) is 12.0. The van der Waals surface area contributed by atoms with Gasteiger partial charge < -0.3 is 4.74 Å². The first-order chi connectivity index (χ1) is 15.0. The van der Waals surface area contributed by atoms with Crippen molar-refractivity contribution in [3.05, 3.63) is 57.0 Å². The molecular weight excluding hydrogens is 418 g/mol. The molecule has 32 heavy (non-hydrogen) atoms. The molecule has 3 aliphatic rings. The molecule has 1 N–H and O–H groups in total. The smallest absolute Gasteiger partial charge is 0.290 e. The van der Waals surface area contributed by atoms with Crippen LogP contribution in [0.3, 0.4) is 0 Å². The first-order valence-electron chi connectivity index (χ1n) is 11.2. The normalized spacial score (nSPS) is 23.8. The van der Waals surface area contributed by atoms with E-state index in [4.69, 9.17) is 4.74 Å². The SMILES string of the molecule is Cc1cc2c(c3c1-c1cc(/C=C4\SC(=O)NC4=O)ccc1OC3C)C(C)(C)CCC2(C)C. The predicted molar refractivity (Wildman–Crippen MR) is 130 cm³/mol. The average molecular weight is 448 g/mol. The van der Waals surface area contributed by atoms with E-state index in [1.807, 2.05) is 12.1 Å². The van der Waals surface area contributed by atoms with Crippen molar-refractivity contribution in [3.8, 4) is 16.9 Å². The van der Waals surface area contributed by atoms with E-state index in [9.17, 15) is 9.59 Å². The van der Waals surface area contributed by atoms with Crippen LogP contribution in [0.2, 0.25) is 0 Å². The van der Waals surface area contributed by atoms with Crippen LogP contribution in [-0.2, 0) is 15.6 Å². The fraction of sp³-hybridized carbons (Fsp3) is 0.407. The molecule has 4 nitrogen and oxygen atoms in total. The molecule has 166 valence electrons. The van der Waals surface area contributed by atoms with Gasteiger partial charge in [-0.05, 0) is 95.3 Å². The summed E-state index contributed by atoms with van der Waals surface area (Å²) in [6.45, 7) is 13.8. The van der Waals surface area contributed by atoms with Gasteiger partial charge in [0.05, 0.1) is 4.91 Å². The summed E-state index contributed by atoms with van der Waals surface area (Å²) >= 11 is 0.943. The van der Waals surface area contributed by atoms with Crippen LogP contribution in [-0.4, -0.2) is 11.1 Å². The van der Waals surface area contributed by atoms with Crippen LogP contribution in [0.5, 0.6) is 5.75 Å². The lowest BCUT2D eigenvalue weighted by atomic mass is 9.60. The summed E-state index contributed by atoms with van der Waals surface area (Å²) in [5.74, 6) is 0.528.